The molecule has 2 amide bonds. The van der Waals surface area contributed by atoms with E-state index in [1.165, 1.54) is 0 Å². The molecule has 8 nitrogen and oxygen atoms in total. The zero-order valence-corrected chi connectivity index (χ0v) is 19.0. The second-order valence-electron chi connectivity index (χ2n) is 8.35. The van der Waals surface area contributed by atoms with Crippen molar-refractivity contribution in [1.29, 1.82) is 0 Å². The maximum atomic E-state index is 13.1. The summed E-state index contributed by atoms with van der Waals surface area (Å²) >= 11 is 0. The van der Waals surface area contributed by atoms with E-state index in [9.17, 15) is 9.90 Å². The Labute approximate surface area is 189 Å². The van der Waals surface area contributed by atoms with Gasteiger partial charge in [0, 0.05) is 18.4 Å². The van der Waals surface area contributed by atoms with E-state index >= 15 is 0 Å². The Bertz CT molecular complexity index is 890. The average Bonchev–Trinajstić information content (AvgIpc) is 3.03. The summed E-state index contributed by atoms with van der Waals surface area (Å²) in [6.45, 7) is 5.65. The summed E-state index contributed by atoms with van der Waals surface area (Å²) in [5.41, 5.74) is 2.08. The molecule has 0 bridgehead atoms. The van der Waals surface area contributed by atoms with Gasteiger partial charge < -0.3 is 25.4 Å². The number of aromatic nitrogens is 2. The molecule has 31 heavy (non-hydrogen) atoms. The maximum absolute atomic E-state index is 13.1. The van der Waals surface area contributed by atoms with Gasteiger partial charge in [0.2, 0.25) is 5.95 Å². The Morgan fingerprint density at radius 3 is 2.81 bits per heavy atom. The second kappa shape index (κ2) is 9.84. The van der Waals surface area contributed by atoms with Gasteiger partial charge in [-0.15, -0.1) is 0 Å². The van der Waals surface area contributed by atoms with E-state index in [0.717, 1.165) is 36.3 Å². The third-order valence-electron chi connectivity index (χ3n) is 5.93. The topological polar surface area (TPSA) is 99.6 Å². The van der Waals surface area contributed by atoms with Gasteiger partial charge in [-0.1, -0.05) is 30.3 Å². The number of aliphatic hydroxyl groups is 1. The molecular weight excluding hydrogens is 414 g/mol. The minimum atomic E-state index is -0.553. The lowest BCUT2D eigenvalue weighted by Crippen LogP contribution is -2.47. The van der Waals surface area contributed by atoms with Crippen molar-refractivity contribution in [3.05, 3.63) is 53.3 Å². The number of nitrogens with zero attached hydrogens (tertiary/aromatic N) is 3. The Kier molecular flexibility index (Phi) is 7.40. The van der Waals surface area contributed by atoms with Crippen LogP contribution in [0.1, 0.15) is 49.6 Å². The third-order valence-corrected chi connectivity index (χ3v) is 5.93. The lowest BCUT2D eigenvalue weighted by molar-refractivity contribution is 0.0874. The number of nitrogens with one attached hydrogen (secondary N) is 2. The molecule has 0 radical (unpaired) electrons. The van der Waals surface area contributed by atoms with E-state index in [4.69, 9.17) is 4.74 Å². The number of hydrogen-bond acceptors (Lipinski definition) is 6. The van der Waals surface area contributed by atoms with Crippen molar-refractivity contribution in [1.82, 2.24) is 20.2 Å². The number of carbonyl (C=O) groups excluding carboxylic acids is 1. The van der Waals surface area contributed by atoms with Crippen molar-refractivity contribution < 1.29 is 14.6 Å². The number of urea groups is 1. The van der Waals surface area contributed by atoms with Crippen LogP contribution < -0.4 is 10.6 Å². The molecular formula is C22H31N5O3S. The van der Waals surface area contributed by atoms with E-state index in [1.807, 2.05) is 50.4 Å². The molecule has 1 fully saturated rings. The number of carbonyl (C=O) groups is 1. The van der Waals surface area contributed by atoms with Gasteiger partial charge >= 0.3 is 6.03 Å². The molecule has 0 aliphatic carbocycles. The van der Waals surface area contributed by atoms with Crippen LogP contribution in [0, 0.1) is 0 Å². The molecule has 3 N–H and O–H groups in total. The first kappa shape index (κ1) is 23.3. The standard InChI is InChI=1S/C22H29N5O3.H2S/c1-22(2)17-11-23-20(24-16-9-6-10-30-14-16)25-18(17)12-27(22)21(29)26-19(13-28)15-7-4-3-5-8-15;/h3-5,7-8,11,16,19,28H,6,9-10,12-14H2,1-2H3,(H,26,29)(H,23,24,25);1H2/t16?,19-;/m1./s1. The molecule has 3 heterocycles. The number of hydrogen-bond donors (Lipinski definition) is 3. The minimum absolute atomic E-state index is 0. The molecule has 168 valence electrons. The quantitative estimate of drug-likeness (QED) is 0.654. The Morgan fingerprint density at radius 2 is 2.13 bits per heavy atom. The summed E-state index contributed by atoms with van der Waals surface area (Å²) in [6, 6.07) is 8.98. The van der Waals surface area contributed by atoms with Crippen LogP contribution in [-0.4, -0.2) is 51.9 Å². The zero-order valence-electron chi connectivity index (χ0n) is 18.0. The number of fused-ring (bicyclic) bond motifs is 1. The van der Waals surface area contributed by atoms with E-state index in [0.29, 0.717) is 19.1 Å². The number of aliphatic hydroxyl groups excluding tert-OH is 1. The predicted molar refractivity (Wildman–Crippen MR) is 123 cm³/mol. The van der Waals surface area contributed by atoms with E-state index in [1.54, 1.807) is 4.90 Å². The van der Waals surface area contributed by atoms with Crippen molar-refractivity contribution in [2.75, 3.05) is 25.1 Å². The molecule has 1 saturated heterocycles. The Morgan fingerprint density at radius 1 is 1.35 bits per heavy atom. The van der Waals surface area contributed by atoms with Crippen molar-refractivity contribution in [3.8, 4) is 0 Å². The van der Waals surface area contributed by atoms with Gasteiger partial charge in [-0.05, 0) is 32.3 Å². The van der Waals surface area contributed by atoms with Crippen molar-refractivity contribution in [2.45, 2.75) is 50.9 Å². The number of anilines is 1. The SMILES string of the molecule is CC1(C)c2cnc(NC3CCCOC3)nc2CN1C(=O)N[C@H](CO)c1ccccc1.S. The highest BCUT2D eigenvalue weighted by Gasteiger charge is 2.42. The second-order valence-corrected chi connectivity index (χ2v) is 8.35. The molecule has 9 heteroatoms. The van der Waals surface area contributed by atoms with E-state index < -0.39 is 11.6 Å². The fourth-order valence-electron chi connectivity index (χ4n) is 4.12. The molecule has 0 saturated carbocycles. The van der Waals surface area contributed by atoms with Gasteiger partial charge in [-0.2, -0.15) is 13.5 Å². The van der Waals surface area contributed by atoms with Gasteiger partial charge in [-0.25, -0.2) is 14.8 Å². The summed E-state index contributed by atoms with van der Waals surface area (Å²) in [5, 5.41) is 16.1. The Balaban J connectivity index is 0.00000272. The largest absolute Gasteiger partial charge is 0.394 e. The average molecular weight is 446 g/mol. The molecule has 2 aliphatic rings. The van der Waals surface area contributed by atoms with Gasteiger partial charge in [-0.3, -0.25) is 0 Å². The summed E-state index contributed by atoms with van der Waals surface area (Å²) < 4.78 is 5.51. The van der Waals surface area contributed by atoms with Gasteiger partial charge in [0.05, 0.1) is 43.1 Å². The molecule has 2 atom stereocenters. The van der Waals surface area contributed by atoms with Crippen LogP contribution in [0.15, 0.2) is 36.5 Å². The van der Waals surface area contributed by atoms with E-state index in [-0.39, 0.29) is 32.2 Å². The summed E-state index contributed by atoms with van der Waals surface area (Å²) in [6.07, 6.45) is 3.86. The molecule has 2 aliphatic heterocycles. The first-order valence-electron chi connectivity index (χ1n) is 10.4. The third kappa shape index (κ3) is 4.94. The molecule has 4 rings (SSSR count). The Hall–Kier alpha value is -2.36. The molecule has 2 aromatic rings. The van der Waals surface area contributed by atoms with Crippen LogP contribution in [0.5, 0.6) is 0 Å². The summed E-state index contributed by atoms with van der Waals surface area (Å²) in [7, 11) is 0. The number of benzene rings is 1. The fourth-order valence-corrected chi connectivity index (χ4v) is 4.12. The van der Waals surface area contributed by atoms with Gasteiger partial charge in [0.15, 0.2) is 0 Å². The van der Waals surface area contributed by atoms with Crippen molar-refractivity contribution in [3.63, 3.8) is 0 Å². The van der Waals surface area contributed by atoms with Crippen molar-refractivity contribution >= 4 is 25.5 Å². The lowest BCUT2D eigenvalue weighted by atomic mass is 9.97. The molecule has 1 unspecified atom stereocenters. The highest BCUT2D eigenvalue weighted by Crippen LogP contribution is 2.38. The van der Waals surface area contributed by atoms with Crippen LogP contribution in [0.3, 0.4) is 0 Å². The van der Waals surface area contributed by atoms with Crippen LogP contribution >= 0.6 is 13.5 Å². The maximum Gasteiger partial charge on any atom is 0.319 e. The first-order chi connectivity index (χ1) is 14.5. The number of amides is 2. The van der Waals surface area contributed by atoms with Crippen LogP contribution in [0.4, 0.5) is 10.7 Å². The normalized spacial score (nSPS) is 20.4. The number of ether oxygens (including phenoxy) is 1. The van der Waals surface area contributed by atoms with Crippen LogP contribution in [0.25, 0.3) is 0 Å². The summed E-state index contributed by atoms with van der Waals surface area (Å²) in [5.74, 6) is 0.569. The lowest BCUT2D eigenvalue weighted by Gasteiger charge is -2.33. The fraction of sp³-hybridized carbons (Fsp3) is 0.500. The first-order valence-corrected chi connectivity index (χ1v) is 10.4. The highest BCUT2D eigenvalue weighted by atomic mass is 32.1. The zero-order chi connectivity index (χ0) is 21.1. The van der Waals surface area contributed by atoms with Crippen LogP contribution in [-0.2, 0) is 16.8 Å². The molecule has 1 aromatic carbocycles. The molecule has 0 spiro atoms. The highest BCUT2D eigenvalue weighted by molar-refractivity contribution is 7.59. The monoisotopic (exact) mass is 445 g/mol. The number of rotatable bonds is 5. The van der Waals surface area contributed by atoms with Gasteiger partial charge in [0.25, 0.3) is 0 Å². The smallest absolute Gasteiger partial charge is 0.319 e. The van der Waals surface area contributed by atoms with Crippen LogP contribution in [0.2, 0.25) is 0 Å². The van der Waals surface area contributed by atoms with Crippen molar-refractivity contribution in [2.24, 2.45) is 0 Å². The molecule has 1 aromatic heterocycles. The van der Waals surface area contributed by atoms with Gasteiger partial charge in [0.1, 0.15) is 0 Å². The summed E-state index contributed by atoms with van der Waals surface area (Å²) in [4.78, 5) is 24.0. The minimum Gasteiger partial charge on any atom is -0.394 e. The van der Waals surface area contributed by atoms with E-state index in [2.05, 4.69) is 20.6 Å². The predicted octanol–water partition coefficient (Wildman–Crippen LogP) is 2.67.